The average Bonchev–Trinajstić information content (AvgIpc) is 2.25. The SMILES string of the molecule is COC(O)c1cc(C(F)(F)F)cc(C(F)(F)F)c1. The Morgan fingerprint density at radius 2 is 1.33 bits per heavy atom. The number of rotatable bonds is 2. The summed E-state index contributed by atoms with van der Waals surface area (Å²) >= 11 is 0. The second-order valence-electron chi connectivity index (χ2n) is 3.43. The predicted octanol–water partition coefficient (Wildman–Crippen LogP) is 3.36. The third-order valence-corrected chi connectivity index (χ3v) is 2.12. The maximum Gasteiger partial charge on any atom is 0.416 e. The van der Waals surface area contributed by atoms with Gasteiger partial charge in [-0.15, -0.1) is 0 Å². The van der Waals surface area contributed by atoms with Crippen LogP contribution >= 0.6 is 0 Å². The molecule has 0 aromatic heterocycles. The lowest BCUT2D eigenvalue weighted by Crippen LogP contribution is -2.13. The molecule has 1 unspecified atom stereocenters. The zero-order chi connectivity index (χ0) is 14.1. The fourth-order valence-corrected chi connectivity index (χ4v) is 1.26. The zero-order valence-electron chi connectivity index (χ0n) is 8.93. The van der Waals surface area contributed by atoms with Gasteiger partial charge in [-0.3, -0.25) is 0 Å². The summed E-state index contributed by atoms with van der Waals surface area (Å²) < 4.78 is 78.8. The number of aliphatic hydroxyl groups is 1. The molecule has 0 aliphatic carbocycles. The Labute approximate surface area is 97.8 Å². The van der Waals surface area contributed by atoms with E-state index in [1.807, 2.05) is 0 Å². The lowest BCUT2D eigenvalue weighted by Gasteiger charge is -2.16. The van der Waals surface area contributed by atoms with Crippen LogP contribution in [0.5, 0.6) is 0 Å². The number of halogens is 6. The van der Waals surface area contributed by atoms with Crippen molar-refractivity contribution in [3.63, 3.8) is 0 Å². The molecule has 0 heterocycles. The van der Waals surface area contributed by atoms with Crippen molar-refractivity contribution in [3.8, 4) is 0 Å². The van der Waals surface area contributed by atoms with Crippen LogP contribution in [-0.4, -0.2) is 12.2 Å². The van der Waals surface area contributed by atoms with Gasteiger partial charge in [0.2, 0.25) is 0 Å². The summed E-state index contributed by atoms with van der Waals surface area (Å²) in [7, 11) is 0.957. The molecule has 0 spiro atoms. The predicted molar refractivity (Wildman–Crippen MR) is 48.4 cm³/mol. The molecular formula is C10H8F6O2. The summed E-state index contributed by atoms with van der Waals surface area (Å²) in [6.45, 7) is 0. The Kier molecular flexibility index (Phi) is 3.92. The molecule has 0 aliphatic rings. The first-order chi connectivity index (χ1) is 8.05. The van der Waals surface area contributed by atoms with Gasteiger partial charge in [-0.25, -0.2) is 0 Å². The molecule has 8 heteroatoms. The van der Waals surface area contributed by atoms with E-state index in [0.717, 1.165) is 7.11 Å². The van der Waals surface area contributed by atoms with Gasteiger partial charge < -0.3 is 9.84 Å². The van der Waals surface area contributed by atoms with Crippen LogP contribution < -0.4 is 0 Å². The number of hydrogen-bond acceptors (Lipinski definition) is 2. The molecule has 1 rings (SSSR count). The first-order valence-electron chi connectivity index (χ1n) is 4.56. The zero-order valence-corrected chi connectivity index (χ0v) is 8.93. The van der Waals surface area contributed by atoms with Gasteiger partial charge in [0.05, 0.1) is 11.1 Å². The lowest BCUT2D eigenvalue weighted by atomic mass is 10.0. The Morgan fingerprint density at radius 3 is 1.61 bits per heavy atom. The van der Waals surface area contributed by atoms with Crippen molar-refractivity contribution in [3.05, 3.63) is 34.9 Å². The fraction of sp³-hybridized carbons (Fsp3) is 0.400. The van der Waals surface area contributed by atoms with Crippen LogP contribution in [0.4, 0.5) is 26.3 Å². The highest BCUT2D eigenvalue weighted by molar-refractivity contribution is 5.34. The monoisotopic (exact) mass is 274 g/mol. The van der Waals surface area contributed by atoms with Gasteiger partial charge in [0.15, 0.2) is 6.29 Å². The summed E-state index contributed by atoms with van der Waals surface area (Å²) in [5.74, 6) is 0. The van der Waals surface area contributed by atoms with E-state index < -0.39 is 35.3 Å². The first-order valence-corrected chi connectivity index (χ1v) is 4.56. The highest BCUT2D eigenvalue weighted by Gasteiger charge is 2.37. The molecule has 1 N–H and O–H groups in total. The molecular weight excluding hydrogens is 266 g/mol. The van der Waals surface area contributed by atoms with Gasteiger partial charge in [-0.05, 0) is 18.2 Å². The van der Waals surface area contributed by atoms with Crippen molar-refractivity contribution in [2.24, 2.45) is 0 Å². The fourth-order valence-electron chi connectivity index (χ4n) is 1.26. The molecule has 1 atom stereocenters. The Balaban J connectivity index is 3.39. The molecule has 0 amide bonds. The quantitative estimate of drug-likeness (QED) is 0.662. The Bertz CT molecular complexity index is 391. The van der Waals surface area contributed by atoms with E-state index in [2.05, 4.69) is 4.74 Å². The van der Waals surface area contributed by atoms with Crippen LogP contribution in [0.2, 0.25) is 0 Å². The standard InChI is InChI=1S/C10H8F6O2/c1-18-8(17)5-2-6(9(11,12)13)4-7(3-5)10(14,15)16/h2-4,8,17H,1H3. The number of alkyl halides is 6. The minimum absolute atomic E-state index is 0.0219. The number of methoxy groups -OCH3 is 1. The van der Waals surface area contributed by atoms with Crippen molar-refractivity contribution in [1.29, 1.82) is 0 Å². The minimum atomic E-state index is -4.94. The summed E-state index contributed by atoms with van der Waals surface area (Å²) in [4.78, 5) is 0. The van der Waals surface area contributed by atoms with Gasteiger partial charge in [0.1, 0.15) is 0 Å². The van der Waals surface area contributed by atoms with Crippen LogP contribution in [0.1, 0.15) is 23.0 Å². The average molecular weight is 274 g/mol. The molecule has 18 heavy (non-hydrogen) atoms. The van der Waals surface area contributed by atoms with Crippen LogP contribution in [0, 0.1) is 0 Å². The van der Waals surface area contributed by atoms with Crippen molar-refractivity contribution in [2.45, 2.75) is 18.6 Å². The lowest BCUT2D eigenvalue weighted by molar-refractivity contribution is -0.143. The van der Waals surface area contributed by atoms with Gasteiger partial charge in [-0.2, -0.15) is 26.3 Å². The van der Waals surface area contributed by atoms with E-state index in [0.29, 0.717) is 12.1 Å². The maximum atomic E-state index is 12.4. The van der Waals surface area contributed by atoms with Crippen LogP contribution in [0.25, 0.3) is 0 Å². The molecule has 0 aliphatic heterocycles. The summed E-state index contributed by atoms with van der Waals surface area (Å²) in [6, 6.07) is 0.790. The molecule has 1 aromatic rings. The maximum absolute atomic E-state index is 12.4. The molecule has 0 saturated carbocycles. The molecule has 0 bridgehead atoms. The molecule has 102 valence electrons. The smallest absolute Gasteiger partial charge is 0.364 e. The second-order valence-corrected chi connectivity index (χ2v) is 3.43. The molecule has 0 radical (unpaired) electrons. The minimum Gasteiger partial charge on any atom is -0.364 e. The van der Waals surface area contributed by atoms with E-state index in [-0.39, 0.29) is 6.07 Å². The van der Waals surface area contributed by atoms with Gasteiger partial charge in [-0.1, -0.05) is 0 Å². The molecule has 0 fully saturated rings. The van der Waals surface area contributed by atoms with Crippen molar-refractivity contribution in [2.75, 3.05) is 7.11 Å². The third kappa shape index (κ3) is 3.36. The van der Waals surface area contributed by atoms with E-state index in [1.54, 1.807) is 0 Å². The van der Waals surface area contributed by atoms with E-state index >= 15 is 0 Å². The van der Waals surface area contributed by atoms with Crippen molar-refractivity contribution < 1.29 is 36.2 Å². The van der Waals surface area contributed by atoms with E-state index in [4.69, 9.17) is 5.11 Å². The van der Waals surface area contributed by atoms with E-state index in [9.17, 15) is 26.3 Å². The van der Waals surface area contributed by atoms with Gasteiger partial charge >= 0.3 is 12.4 Å². The normalized spacial score (nSPS) is 14.7. The summed E-state index contributed by atoms with van der Waals surface area (Å²) in [6.07, 6.45) is -11.7. The number of ether oxygens (including phenoxy) is 1. The second kappa shape index (κ2) is 4.77. The number of aliphatic hydroxyl groups excluding tert-OH is 1. The van der Waals surface area contributed by atoms with E-state index in [1.165, 1.54) is 0 Å². The number of hydrogen-bond donors (Lipinski definition) is 1. The topological polar surface area (TPSA) is 29.5 Å². The Hall–Kier alpha value is -1.28. The third-order valence-electron chi connectivity index (χ3n) is 2.12. The number of benzene rings is 1. The van der Waals surface area contributed by atoms with Crippen molar-refractivity contribution >= 4 is 0 Å². The summed E-state index contributed by atoms with van der Waals surface area (Å²) in [5.41, 5.74) is -3.61. The summed E-state index contributed by atoms with van der Waals surface area (Å²) in [5, 5.41) is 9.15. The van der Waals surface area contributed by atoms with Crippen LogP contribution in [-0.2, 0) is 17.1 Å². The van der Waals surface area contributed by atoms with Crippen molar-refractivity contribution in [1.82, 2.24) is 0 Å². The van der Waals surface area contributed by atoms with Gasteiger partial charge in [0.25, 0.3) is 0 Å². The highest BCUT2D eigenvalue weighted by atomic mass is 19.4. The molecule has 2 nitrogen and oxygen atoms in total. The Morgan fingerprint density at radius 1 is 0.944 bits per heavy atom. The molecule has 0 saturated heterocycles. The van der Waals surface area contributed by atoms with Crippen LogP contribution in [0.3, 0.4) is 0 Å². The molecule has 1 aromatic carbocycles. The largest absolute Gasteiger partial charge is 0.416 e. The van der Waals surface area contributed by atoms with Gasteiger partial charge in [0, 0.05) is 12.7 Å². The van der Waals surface area contributed by atoms with Crippen LogP contribution in [0.15, 0.2) is 18.2 Å². The first kappa shape index (κ1) is 14.8. The highest BCUT2D eigenvalue weighted by Crippen LogP contribution is 2.37.